The maximum Gasteiger partial charge on any atom is 0.327 e. The summed E-state index contributed by atoms with van der Waals surface area (Å²) in [4.78, 5) is 27.0. The Hall–Kier alpha value is -2.28. The number of carbonyl (C=O) groups is 2. The molecule has 0 bridgehead atoms. The number of ether oxygens (including phenoxy) is 2. The SMILES string of the molecule is COc1ccc(OC[C@H](O)CN2C(=O)[C@@H]3CCCN3C2=O)cc1. The van der Waals surface area contributed by atoms with E-state index in [0.717, 1.165) is 11.3 Å². The number of nitrogens with zero attached hydrogens (tertiary/aromatic N) is 2. The van der Waals surface area contributed by atoms with Gasteiger partial charge in [0.15, 0.2) is 0 Å². The zero-order chi connectivity index (χ0) is 16.4. The first-order chi connectivity index (χ1) is 11.1. The lowest BCUT2D eigenvalue weighted by molar-refractivity contribution is -0.129. The molecule has 1 aromatic rings. The van der Waals surface area contributed by atoms with Gasteiger partial charge in [0.25, 0.3) is 5.91 Å². The van der Waals surface area contributed by atoms with Gasteiger partial charge in [-0.2, -0.15) is 0 Å². The van der Waals surface area contributed by atoms with E-state index in [2.05, 4.69) is 0 Å². The average molecular weight is 320 g/mol. The fraction of sp³-hybridized carbons (Fsp3) is 0.500. The fourth-order valence-electron chi connectivity index (χ4n) is 2.98. The van der Waals surface area contributed by atoms with Crippen LogP contribution in [0.2, 0.25) is 0 Å². The van der Waals surface area contributed by atoms with Crippen LogP contribution in [0.25, 0.3) is 0 Å². The number of imide groups is 1. The van der Waals surface area contributed by atoms with Crippen molar-refractivity contribution in [1.29, 1.82) is 0 Å². The number of benzene rings is 1. The Morgan fingerprint density at radius 1 is 1.26 bits per heavy atom. The predicted molar refractivity (Wildman–Crippen MR) is 81.3 cm³/mol. The van der Waals surface area contributed by atoms with Crippen molar-refractivity contribution in [3.8, 4) is 11.5 Å². The Morgan fingerprint density at radius 3 is 2.61 bits per heavy atom. The summed E-state index contributed by atoms with van der Waals surface area (Å²) in [6, 6.07) is 6.33. The van der Waals surface area contributed by atoms with E-state index in [1.54, 1.807) is 36.3 Å². The van der Waals surface area contributed by atoms with Crippen LogP contribution in [-0.2, 0) is 4.79 Å². The minimum absolute atomic E-state index is 0.00799. The van der Waals surface area contributed by atoms with Crippen LogP contribution in [0.4, 0.5) is 4.79 Å². The summed E-state index contributed by atoms with van der Waals surface area (Å²) >= 11 is 0. The van der Waals surface area contributed by atoms with Crippen LogP contribution < -0.4 is 9.47 Å². The predicted octanol–water partition coefficient (Wildman–Crippen LogP) is 0.861. The summed E-state index contributed by atoms with van der Waals surface area (Å²) in [5.74, 6) is 1.09. The second kappa shape index (κ2) is 6.45. The van der Waals surface area contributed by atoms with Crippen molar-refractivity contribution < 1.29 is 24.2 Å². The van der Waals surface area contributed by atoms with Crippen molar-refractivity contribution in [1.82, 2.24) is 9.80 Å². The van der Waals surface area contributed by atoms with Gasteiger partial charge >= 0.3 is 6.03 Å². The van der Waals surface area contributed by atoms with Crippen LogP contribution in [0.3, 0.4) is 0 Å². The monoisotopic (exact) mass is 320 g/mol. The third kappa shape index (κ3) is 3.10. The second-order valence-electron chi connectivity index (χ2n) is 5.72. The molecule has 7 heteroatoms. The Morgan fingerprint density at radius 2 is 1.96 bits per heavy atom. The average Bonchev–Trinajstić information content (AvgIpc) is 3.13. The van der Waals surface area contributed by atoms with Crippen LogP contribution >= 0.6 is 0 Å². The lowest BCUT2D eigenvalue weighted by Crippen LogP contribution is -2.41. The molecule has 2 heterocycles. The van der Waals surface area contributed by atoms with E-state index >= 15 is 0 Å². The van der Waals surface area contributed by atoms with Crippen molar-refractivity contribution >= 4 is 11.9 Å². The number of methoxy groups -OCH3 is 1. The summed E-state index contributed by atoms with van der Waals surface area (Å²) in [5.41, 5.74) is 0. The van der Waals surface area contributed by atoms with Crippen LogP contribution in [-0.4, -0.2) is 65.8 Å². The molecule has 2 fully saturated rings. The van der Waals surface area contributed by atoms with Gasteiger partial charge < -0.3 is 19.5 Å². The van der Waals surface area contributed by atoms with Crippen molar-refractivity contribution in [2.24, 2.45) is 0 Å². The number of hydrogen-bond donors (Lipinski definition) is 1. The molecular weight excluding hydrogens is 300 g/mol. The lowest BCUT2D eigenvalue weighted by atomic mass is 10.2. The summed E-state index contributed by atoms with van der Waals surface area (Å²) in [7, 11) is 1.58. The number of carbonyl (C=O) groups excluding carboxylic acids is 2. The first-order valence-corrected chi connectivity index (χ1v) is 7.67. The Labute approximate surface area is 134 Å². The van der Waals surface area contributed by atoms with Crippen LogP contribution in [0.1, 0.15) is 12.8 Å². The summed E-state index contributed by atoms with van der Waals surface area (Å²) in [6.07, 6.45) is 0.642. The molecule has 0 aromatic heterocycles. The zero-order valence-corrected chi connectivity index (χ0v) is 13.0. The van der Waals surface area contributed by atoms with E-state index in [1.807, 2.05) is 0 Å². The molecule has 0 saturated carbocycles. The first kappa shape index (κ1) is 15.6. The smallest absolute Gasteiger partial charge is 0.327 e. The van der Waals surface area contributed by atoms with Gasteiger partial charge in [0.1, 0.15) is 30.3 Å². The van der Waals surface area contributed by atoms with Gasteiger partial charge in [0.05, 0.1) is 13.7 Å². The van der Waals surface area contributed by atoms with E-state index < -0.39 is 6.10 Å². The standard InChI is InChI=1S/C16H20N2O5/c1-22-12-4-6-13(7-5-12)23-10-11(19)9-18-15(20)14-3-2-8-17(14)16(18)21/h4-7,11,14,19H,2-3,8-10H2,1H3/t11-,14+/m1/s1. The molecule has 2 atom stereocenters. The molecule has 0 radical (unpaired) electrons. The van der Waals surface area contributed by atoms with Gasteiger partial charge in [-0.3, -0.25) is 9.69 Å². The number of aliphatic hydroxyl groups is 1. The van der Waals surface area contributed by atoms with Crippen molar-refractivity contribution in [2.45, 2.75) is 25.0 Å². The first-order valence-electron chi connectivity index (χ1n) is 7.67. The van der Waals surface area contributed by atoms with Crippen LogP contribution in [0, 0.1) is 0 Å². The zero-order valence-electron chi connectivity index (χ0n) is 13.0. The normalized spacial score (nSPS) is 21.6. The number of fused-ring (bicyclic) bond motifs is 1. The lowest BCUT2D eigenvalue weighted by Gasteiger charge is -2.19. The third-order valence-corrected chi connectivity index (χ3v) is 4.18. The van der Waals surface area contributed by atoms with Gasteiger partial charge in [-0.25, -0.2) is 4.79 Å². The van der Waals surface area contributed by atoms with Gasteiger partial charge in [-0.15, -0.1) is 0 Å². The second-order valence-corrected chi connectivity index (χ2v) is 5.72. The number of hydrogen-bond acceptors (Lipinski definition) is 5. The van der Waals surface area contributed by atoms with Crippen molar-refractivity contribution in [2.75, 3.05) is 26.8 Å². The molecule has 0 spiro atoms. The highest BCUT2D eigenvalue weighted by atomic mass is 16.5. The van der Waals surface area contributed by atoms with E-state index in [9.17, 15) is 14.7 Å². The van der Waals surface area contributed by atoms with Crippen molar-refractivity contribution in [3.63, 3.8) is 0 Å². The Balaban J connectivity index is 1.52. The summed E-state index contributed by atoms with van der Waals surface area (Å²) < 4.78 is 10.5. The Kier molecular flexibility index (Phi) is 4.38. The highest BCUT2D eigenvalue weighted by Gasteiger charge is 2.47. The van der Waals surface area contributed by atoms with E-state index in [4.69, 9.17) is 9.47 Å². The van der Waals surface area contributed by atoms with E-state index in [-0.39, 0.29) is 31.1 Å². The highest BCUT2D eigenvalue weighted by molar-refractivity contribution is 6.04. The van der Waals surface area contributed by atoms with Gasteiger partial charge in [0, 0.05) is 6.54 Å². The largest absolute Gasteiger partial charge is 0.497 e. The van der Waals surface area contributed by atoms with Crippen molar-refractivity contribution in [3.05, 3.63) is 24.3 Å². The van der Waals surface area contributed by atoms with Gasteiger partial charge in [-0.05, 0) is 37.1 Å². The van der Waals surface area contributed by atoms with Gasteiger partial charge in [0.2, 0.25) is 0 Å². The third-order valence-electron chi connectivity index (χ3n) is 4.18. The summed E-state index contributed by atoms with van der Waals surface area (Å²) in [6.45, 7) is 0.582. The molecule has 0 unspecified atom stereocenters. The topological polar surface area (TPSA) is 79.3 Å². The molecule has 0 aliphatic carbocycles. The molecule has 7 nitrogen and oxygen atoms in total. The highest BCUT2D eigenvalue weighted by Crippen LogP contribution is 2.27. The number of amides is 3. The molecule has 2 aliphatic heterocycles. The quantitative estimate of drug-likeness (QED) is 0.787. The number of β-amino-alcohol motifs (C(OH)–C–C–N with tert-alkyl or cyclic N) is 1. The van der Waals surface area contributed by atoms with Crippen LogP contribution in [0.5, 0.6) is 11.5 Å². The minimum atomic E-state index is -0.926. The van der Waals surface area contributed by atoms with E-state index in [1.165, 1.54) is 0 Å². The minimum Gasteiger partial charge on any atom is -0.497 e. The number of aliphatic hydroxyl groups excluding tert-OH is 1. The maximum atomic E-state index is 12.2. The van der Waals surface area contributed by atoms with Gasteiger partial charge in [-0.1, -0.05) is 0 Å². The maximum absolute atomic E-state index is 12.2. The Bertz CT molecular complexity index is 567. The molecule has 124 valence electrons. The molecule has 1 N–H and O–H groups in total. The van der Waals surface area contributed by atoms with Crippen LogP contribution in [0.15, 0.2) is 24.3 Å². The molecule has 3 rings (SSSR count). The molecule has 2 aliphatic rings. The number of rotatable bonds is 6. The molecule has 1 aromatic carbocycles. The molecule has 3 amide bonds. The summed E-state index contributed by atoms with van der Waals surface area (Å²) in [5, 5.41) is 10.1. The molecule has 2 saturated heterocycles. The fourth-order valence-corrected chi connectivity index (χ4v) is 2.98. The van der Waals surface area contributed by atoms with E-state index in [0.29, 0.717) is 24.5 Å². The molecule has 23 heavy (non-hydrogen) atoms. The molecular formula is C16H20N2O5. The number of urea groups is 1.